The third-order valence-electron chi connectivity index (χ3n) is 0.825. The second kappa shape index (κ2) is 5.49. The van der Waals surface area contributed by atoms with Crippen molar-refractivity contribution in [3.05, 3.63) is 41.9 Å². The van der Waals surface area contributed by atoms with Crippen LogP contribution in [0.5, 0.6) is 0 Å². The molecule has 0 aromatic carbocycles. The van der Waals surface area contributed by atoms with Gasteiger partial charge < -0.3 is 0 Å². The maximum absolute atomic E-state index is 3.74. The Morgan fingerprint density at radius 2 is 1.36 bits per heavy atom. The minimum absolute atomic E-state index is 1.60. The van der Waals surface area contributed by atoms with Gasteiger partial charge in [-0.25, -0.2) is 0 Å². The van der Waals surface area contributed by atoms with Crippen LogP contribution in [0.15, 0.2) is 41.9 Å². The summed E-state index contributed by atoms with van der Waals surface area (Å²) < 4.78 is 0. The lowest BCUT2D eigenvalue weighted by Crippen LogP contribution is -1.66. The topological polar surface area (TPSA) is 38.7 Å². The second-order valence-corrected chi connectivity index (χ2v) is 2.33. The van der Waals surface area contributed by atoms with E-state index in [1.54, 1.807) is 47.8 Å². The van der Waals surface area contributed by atoms with Gasteiger partial charge in [0.05, 0.1) is 5.51 Å². The molecule has 3 nitrogen and oxygen atoms in total. The van der Waals surface area contributed by atoms with Gasteiger partial charge in [-0.05, 0) is 0 Å². The van der Waals surface area contributed by atoms with Crippen molar-refractivity contribution in [2.75, 3.05) is 0 Å². The first-order valence-electron chi connectivity index (χ1n) is 3.02. The fourth-order valence-electron chi connectivity index (χ4n) is 0.429. The van der Waals surface area contributed by atoms with Crippen molar-refractivity contribution in [1.82, 2.24) is 15.0 Å². The molecule has 0 bridgehead atoms. The van der Waals surface area contributed by atoms with Crippen LogP contribution in [0, 0.1) is 0 Å². The van der Waals surface area contributed by atoms with Crippen molar-refractivity contribution in [2.24, 2.45) is 0 Å². The quantitative estimate of drug-likeness (QED) is 0.595. The van der Waals surface area contributed by atoms with Gasteiger partial charge in [0.1, 0.15) is 0 Å². The van der Waals surface area contributed by atoms with E-state index in [0.29, 0.717) is 0 Å². The average Bonchev–Trinajstić information content (AvgIpc) is 2.64. The smallest absolute Gasteiger partial charge is 0.0791 e. The molecule has 0 amide bonds. The van der Waals surface area contributed by atoms with Crippen LogP contribution in [0.25, 0.3) is 0 Å². The zero-order valence-corrected chi connectivity index (χ0v) is 6.61. The number of thiazole rings is 1. The molecule has 2 aromatic rings. The summed E-state index contributed by atoms with van der Waals surface area (Å²) >= 11 is 1.60. The molecule has 0 spiro atoms. The lowest BCUT2D eigenvalue weighted by Gasteiger charge is -1.70. The lowest BCUT2D eigenvalue weighted by atomic mass is 10.8. The molecule has 11 heavy (non-hydrogen) atoms. The summed E-state index contributed by atoms with van der Waals surface area (Å²) in [5.41, 5.74) is 1.79. The van der Waals surface area contributed by atoms with Crippen LogP contribution < -0.4 is 0 Å². The molecule has 2 rings (SSSR count). The van der Waals surface area contributed by atoms with E-state index in [0.717, 1.165) is 0 Å². The van der Waals surface area contributed by atoms with Gasteiger partial charge in [0.2, 0.25) is 0 Å². The molecular weight excluding hydrogens is 158 g/mol. The van der Waals surface area contributed by atoms with Gasteiger partial charge in [0.15, 0.2) is 0 Å². The summed E-state index contributed by atoms with van der Waals surface area (Å²) in [7, 11) is 0. The predicted octanol–water partition coefficient (Wildman–Crippen LogP) is 1.62. The standard InChI is InChI=1S/C4H4N2.C3H3NS/c1-2-6-4-3-5-1;1-2-5-3-4-1/h1-4H;1-3H. The minimum Gasteiger partial charge on any atom is -0.262 e. The van der Waals surface area contributed by atoms with E-state index in [9.17, 15) is 0 Å². The van der Waals surface area contributed by atoms with Gasteiger partial charge in [-0.2, -0.15) is 0 Å². The summed E-state index contributed by atoms with van der Waals surface area (Å²) in [5.74, 6) is 0. The van der Waals surface area contributed by atoms with Crippen LogP contribution >= 0.6 is 11.3 Å². The van der Waals surface area contributed by atoms with Crippen molar-refractivity contribution >= 4 is 11.3 Å². The van der Waals surface area contributed by atoms with E-state index in [4.69, 9.17) is 0 Å². The molecule has 0 fully saturated rings. The summed E-state index contributed by atoms with van der Waals surface area (Å²) in [6.45, 7) is 0. The SMILES string of the molecule is c1cnccn1.c1cscn1. The lowest BCUT2D eigenvalue weighted by molar-refractivity contribution is 1.20. The van der Waals surface area contributed by atoms with Crippen molar-refractivity contribution in [3.8, 4) is 0 Å². The molecule has 2 heterocycles. The summed E-state index contributed by atoms with van der Waals surface area (Å²) in [4.78, 5) is 11.2. The summed E-state index contributed by atoms with van der Waals surface area (Å²) in [6, 6.07) is 0. The highest BCUT2D eigenvalue weighted by atomic mass is 32.1. The van der Waals surface area contributed by atoms with E-state index < -0.39 is 0 Å². The fraction of sp³-hybridized carbons (Fsp3) is 0. The first-order chi connectivity index (χ1) is 5.50. The number of aromatic nitrogens is 3. The molecule has 0 aliphatic carbocycles. The van der Waals surface area contributed by atoms with Crippen molar-refractivity contribution in [2.45, 2.75) is 0 Å². The van der Waals surface area contributed by atoms with Gasteiger partial charge in [0.25, 0.3) is 0 Å². The highest BCUT2D eigenvalue weighted by Crippen LogP contribution is 1.85. The Morgan fingerprint density at radius 1 is 0.727 bits per heavy atom. The van der Waals surface area contributed by atoms with E-state index >= 15 is 0 Å². The Labute approximate surface area is 68.8 Å². The Kier molecular flexibility index (Phi) is 3.90. The van der Waals surface area contributed by atoms with Crippen LogP contribution in [0.1, 0.15) is 0 Å². The molecule has 56 valence electrons. The molecule has 0 aliphatic rings. The van der Waals surface area contributed by atoms with Gasteiger partial charge in [-0.3, -0.25) is 15.0 Å². The molecule has 2 aromatic heterocycles. The highest BCUT2D eigenvalue weighted by molar-refractivity contribution is 7.07. The zero-order chi connectivity index (χ0) is 7.78. The van der Waals surface area contributed by atoms with Gasteiger partial charge in [-0.15, -0.1) is 11.3 Å². The van der Waals surface area contributed by atoms with Crippen LogP contribution in [0.4, 0.5) is 0 Å². The largest absolute Gasteiger partial charge is 0.262 e. The molecular formula is C7H7N3S. The maximum Gasteiger partial charge on any atom is 0.0791 e. The third kappa shape index (κ3) is 4.16. The van der Waals surface area contributed by atoms with Crippen LogP contribution in [-0.4, -0.2) is 15.0 Å². The van der Waals surface area contributed by atoms with Gasteiger partial charge >= 0.3 is 0 Å². The average molecular weight is 165 g/mol. The second-order valence-electron chi connectivity index (χ2n) is 1.57. The monoisotopic (exact) mass is 165 g/mol. The number of nitrogens with zero attached hydrogens (tertiary/aromatic N) is 3. The third-order valence-corrected chi connectivity index (χ3v) is 1.35. The Balaban J connectivity index is 0.000000112. The molecule has 0 unspecified atom stereocenters. The molecule has 0 atom stereocenters. The molecule has 0 saturated heterocycles. The maximum atomic E-state index is 3.74. The van der Waals surface area contributed by atoms with Crippen molar-refractivity contribution in [1.29, 1.82) is 0 Å². The van der Waals surface area contributed by atoms with Gasteiger partial charge in [0, 0.05) is 36.4 Å². The number of hydrogen-bond acceptors (Lipinski definition) is 4. The number of hydrogen-bond donors (Lipinski definition) is 0. The Hall–Kier alpha value is -1.29. The first kappa shape index (κ1) is 7.81. The Bertz CT molecular complexity index is 200. The van der Waals surface area contributed by atoms with Crippen molar-refractivity contribution in [3.63, 3.8) is 0 Å². The molecule has 0 aliphatic heterocycles. The fourth-order valence-corrected chi connectivity index (χ4v) is 0.780. The van der Waals surface area contributed by atoms with E-state index in [1.165, 1.54) is 0 Å². The number of rotatable bonds is 0. The predicted molar refractivity (Wildman–Crippen MR) is 44.1 cm³/mol. The first-order valence-corrected chi connectivity index (χ1v) is 3.96. The minimum atomic E-state index is 1.60. The zero-order valence-electron chi connectivity index (χ0n) is 5.79. The van der Waals surface area contributed by atoms with E-state index in [1.807, 2.05) is 5.38 Å². The van der Waals surface area contributed by atoms with Crippen LogP contribution in [0.3, 0.4) is 0 Å². The van der Waals surface area contributed by atoms with E-state index in [2.05, 4.69) is 15.0 Å². The van der Waals surface area contributed by atoms with Crippen molar-refractivity contribution < 1.29 is 0 Å². The van der Waals surface area contributed by atoms with E-state index in [-0.39, 0.29) is 0 Å². The molecule has 0 saturated carbocycles. The van der Waals surface area contributed by atoms with Crippen LogP contribution in [-0.2, 0) is 0 Å². The molecule has 4 heteroatoms. The summed E-state index contributed by atoms with van der Waals surface area (Å²) in [5, 5.41) is 1.93. The summed E-state index contributed by atoms with van der Waals surface area (Å²) in [6.07, 6.45) is 8.32. The van der Waals surface area contributed by atoms with Gasteiger partial charge in [-0.1, -0.05) is 0 Å². The molecule has 0 N–H and O–H groups in total. The highest BCUT2D eigenvalue weighted by Gasteiger charge is 1.59. The Morgan fingerprint density at radius 3 is 1.55 bits per heavy atom. The normalized spacial score (nSPS) is 8.00. The van der Waals surface area contributed by atoms with Crippen LogP contribution in [0.2, 0.25) is 0 Å². The molecule has 0 radical (unpaired) electrons.